The van der Waals surface area contributed by atoms with Crippen LogP contribution in [-0.4, -0.2) is 49.2 Å². The molecule has 0 bridgehead atoms. The summed E-state index contributed by atoms with van der Waals surface area (Å²) >= 11 is -0.897. The molecule has 4 rings (SSSR count). The number of esters is 1. The molecule has 0 radical (unpaired) electrons. The Morgan fingerprint density at radius 2 is 1.93 bits per heavy atom. The van der Waals surface area contributed by atoms with Gasteiger partial charge in [-0.1, -0.05) is 11.2 Å². The van der Waals surface area contributed by atoms with E-state index in [1.54, 1.807) is 31.5 Å². The van der Waals surface area contributed by atoms with Crippen LogP contribution >= 0.6 is 0 Å². The summed E-state index contributed by atoms with van der Waals surface area (Å²) in [6.07, 6.45) is 5.22. The first-order valence-corrected chi connectivity index (χ1v) is 15.4. The number of nitrogens with one attached hydrogen (secondary N) is 1. The Morgan fingerprint density at radius 3 is 2.59 bits per heavy atom. The van der Waals surface area contributed by atoms with Crippen LogP contribution in [0.4, 0.5) is 20.4 Å². The van der Waals surface area contributed by atoms with Gasteiger partial charge in [-0.3, -0.25) is 9.78 Å². The maximum absolute atomic E-state index is 13.1. The second-order valence-corrected chi connectivity index (χ2v) is 12.3. The van der Waals surface area contributed by atoms with Gasteiger partial charge in [0.1, 0.15) is 23.0 Å². The minimum Gasteiger partial charge on any atom is -0.617 e. The van der Waals surface area contributed by atoms with Crippen molar-refractivity contribution < 1.29 is 28.0 Å². The van der Waals surface area contributed by atoms with Crippen molar-refractivity contribution in [3.05, 3.63) is 65.6 Å². The molecular formula is C30H36F2N4O4S. The first-order valence-electron chi connectivity index (χ1n) is 13.7. The summed E-state index contributed by atoms with van der Waals surface area (Å²) in [6.45, 7) is 3.95. The molecule has 3 heterocycles. The first-order chi connectivity index (χ1) is 19.5. The number of pyridine rings is 3. The lowest BCUT2D eigenvalue weighted by molar-refractivity contribution is -0.151. The van der Waals surface area contributed by atoms with Crippen LogP contribution in [0.15, 0.2) is 48.8 Å². The highest BCUT2D eigenvalue weighted by Gasteiger charge is 2.39. The van der Waals surface area contributed by atoms with Crippen molar-refractivity contribution >= 4 is 28.8 Å². The zero-order valence-corrected chi connectivity index (χ0v) is 24.3. The molecule has 3 aromatic heterocycles. The SMILES string of the molecule is Cc1cc(Nc2cc(C(F)F)ccn2)nc(-c2ccc([C@](C)(O)[C@H]3CC[C@H](C(=O)OCCC[S+](C)[O-])CC3)nc2)c1. The summed E-state index contributed by atoms with van der Waals surface area (Å²) in [6, 6.07) is 9.90. The maximum Gasteiger partial charge on any atom is 0.308 e. The molecule has 1 saturated carbocycles. The number of halogens is 2. The monoisotopic (exact) mass is 586 g/mol. The summed E-state index contributed by atoms with van der Waals surface area (Å²) < 4.78 is 42.7. The lowest BCUT2D eigenvalue weighted by Crippen LogP contribution is -2.37. The highest BCUT2D eigenvalue weighted by atomic mass is 32.2. The number of hydrogen-bond donors (Lipinski definition) is 2. The Balaban J connectivity index is 1.38. The van der Waals surface area contributed by atoms with Crippen LogP contribution in [0.2, 0.25) is 0 Å². The van der Waals surface area contributed by atoms with Crippen molar-refractivity contribution in [3.8, 4) is 11.3 Å². The highest BCUT2D eigenvalue weighted by molar-refractivity contribution is 7.90. The molecule has 0 aromatic carbocycles. The van der Waals surface area contributed by atoms with E-state index in [4.69, 9.17) is 4.74 Å². The molecule has 1 aliphatic rings. The van der Waals surface area contributed by atoms with Gasteiger partial charge < -0.3 is 19.7 Å². The van der Waals surface area contributed by atoms with E-state index in [2.05, 4.69) is 20.3 Å². The van der Waals surface area contributed by atoms with E-state index in [1.165, 1.54) is 18.3 Å². The molecular weight excluding hydrogens is 550 g/mol. The lowest BCUT2D eigenvalue weighted by atomic mass is 9.73. The summed E-state index contributed by atoms with van der Waals surface area (Å²) in [5.41, 5.74) is 1.53. The zero-order valence-electron chi connectivity index (χ0n) is 23.5. The predicted octanol–water partition coefficient (Wildman–Crippen LogP) is 5.85. The molecule has 2 atom stereocenters. The lowest BCUT2D eigenvalue weighted by Gasteiger charge is -2.37. The van der Waals surface area contributed by atoms with E-state index in [0.717, 1.165) is 11.1 Å². The molecule has 11 heteroatoms. The Hall–Kier alpha value is -3.15. The number of anilines is 2. The van der Waals surface area contributed by atoms with Gasteiger partial charge in [0.05, 0.1) is 30.2 Å². The fourth-order valence-electron chi connectivity index (χ4n) is 5.16. The van der Waals surface area contributed by atoms with Crippen molar-refractivity contribution in [2.75, 3.05) is 23.9 Å². The first kappa shape index (κ1) is 30.8. The van der Waals surface area contributed by atoms with Crippen molar-refractivity contribution in [2.24, 2.45) is 11.8 Å². The van der Waals surface area contributed by atoms with Gasteiger partial charge in [-0.25, -0.2) is 18.7 Å². The van der Waals surface area contributed by atoms with Crippen LogP contribution in [0.1, 0.15) is 62.3 Å². The van der Waals surface area contributed by atoms with Crippen molar-refractivity contribution in [1.82, 2.24) is 15.0 Å². The molecule has 0 saturated heterocycles. The van der Waals surface area contributed by atoms with Crippen molar-refractivity contribution in [1.29, 1.82) is 0 Å². The van der Waals surface area contributed by atoms with Crippen LogP contribution in [-0.2, 0) is 26.3 Å². The Kier molecular flexibility index (Phi) is 10.3. The van der Waals surface area contributed by atoms with Crippen LogP contribution < -0.4 is 5.32 Å². The van der Waals surface area contributed by atoms with Gasteiger partial charge in [0.2, 0.25) is 0 Å². The molecule has 1 unspecified atom stereocenters. The number of rotatable bonds is 11. The van der Waals surface area contributed by atoms with E-state index in [0.29, 0.717) is 55.1 Å². The standard InChI is InChI=1S/C30H36F2N4O4S/c1-19-15-24(35-27(16-19)36-26-17-21(28(31)32)11-12-33-26)22-7-10-25(34-18-22)30(2,38)23-8-5-20(6-9-23)29(37)40-13-4-14-41(3)39/h7,10-12,15-18,20,23,28,38H,4-6,8-9,13-14H2,1-3H3,(H,33,35,36)/t20-,23-,30-,41?/m1/s1. The number of alkyl halides is 2. The number of aromatic nitrogens is 3. The Morgan fingerprint density at radius 1 is 1.17 bits per heavy atom. The number of nitrogens with zero attached hydrogens (tertiary/aromatic N) is 3. The topological polar surface area (TPSA) is 120 Å². The minimum absolute atomic E-state index is 0.0585. The fraction of sp³-hybridized carbons (Fsp3) is 0.467. The van der Waals surface area contributed by atoms with E-state index in [1.807, 2.05) is 19.1 Å². The van der Waals surface area contributed by atoms with Gasteiger partial charge in [-0.15, -0.1) is 0 Å². The molecule has 0 aliphatic heterocycles. The van der Waals surface area contributed by atoms with Gasteiger partial charge >= 0.3 is 5.97 Å². The summed E-state index contributed by atoms with van der Waals surface area (Å²) in [5, 5.41) is 14.4. The van der Waals surface area contributed by atoms with Gasteiger partial charge in [-0.2, -0.15) is 0 Å². The summed E-state index contributed by atoms with van der Waals surface area (Å²) in [4.78, 5) is 25.7. The summed E-state index contributed by atoms with van der Waals surface area (Å²) in [7, 11) is 0. The largest absolute Gasteiger partial charge is 0.617 e. The quantitative estimate of drug-likeness (QED) is 0.163. The molecule has 0 amide bonds. The Labute approximate surface area is 242 Å². The molecule has 2 N–H and O–H groups in total. The summed E-state index contributed by atoms with van der Waals surface area (Å²) in [5.74, 6) is 0.788. The van der Waals surface area contributed by atoms with Gasteiger partial charge in [0.25, 0.3) is 6.43 Å². The van der Waals surface area contributed by atoms with E-state index < -0.39 is 23.2 Å². The number of hydrogen-bond acceptors (Lipinski definition) is 8. The number of aryl methyl sites for hydroxylation is 1. The number of ether oxygens (including phenoxy) is 1. The number of aliphatic hydroxyl groups is 1. The van der Waals surface area contributed by atoms with Crippen LogP contribution in [0.5, 0.6) is 0 Å². The molecule has 220 valence electrons. The molecule has 1 fully saturated rings. The van der Waals surface area contributed by atoms with Crippen LogP contribution in [0.3, 0.4) is 0 Å². The highest BCUT2D eigenvalue weighted by Crippen LogP contribution is 2.41. The van der Waals surface area contributed by atoms with E-state index in [9.17, 15) is 23.2 Å². The molecule has 8 nitrogen and oxygen atoms in total. The average Bonchev–Trinajstić information content (AvgIpc) is 2.95. The molecule has 41 heavy (non-hydrogen) atoms. The number of carbonyl (C=O) groups excluding carboxylic acids is 1. The van der Waals surface area contributed by atoms with E-state index >= 15 is 0 Å². The van der Waals surface area contributed by atoms with Crippen molar-refractivity contribution in [3.63, 3.8) is 0 Å². The fourth-order valence-corrected chi connectivity index (χ4v) is 5.68. The third-order valence-corrected chi connectivity index (χ3v) is 8.38. The van der Waals surface area contributed by atoms with Gasteiger partial charge in [-0.05, 0) is 87.4 Å². The van der Waals surface area contributed by atoms with Gasteiger partial charge in [0, 0.05) is 29.9 Å². The number of carbonyl (C=O) groups is 1. The maximum atomic E-state index is 13.1. The molecule has 0 spiro atoms. The Bertz CT molecular complexity index is 1320. The second-order valence-electron chi connectivity index (χ2n) is 10.7. The minimum atomic E-state index is -2.59. The smallest absolute Gasteiger partial charge is 0.308 e. The second kappa shape index (κ2) is 13.7. The third kappa shape index (κ3) is 8.21. The van der Waals surface area contributed by atoms with Crippen LogP contribution in [0, 0.1) is 18.8 Å². The molecule has 3 aromatic rings. The zero-order chi connectivity index (χ0) is 29.6. The van der Waals surface area contributed by atoms with Crippen LogP contribution in [0.25, 0.3) is 11.3 Å². The predicted molar refractivity (Wildman–Crippen MR) is 154 cm³/mol. The third-order valence-electron chi connectivity index (χ3n) is 7.52. The average molecular weight is 587 g/mol. The van der Waals surface area contributed by atoms with E-state index in [-0.39, 0.29) is 35.8 Å². The molecule has 1 aliphatic carbocycles. The normalized spacial score (nSPS) is 19.4. The van der Waals surface area contributed by atoms with Gasteiger partial charge in [0.15, 0.2) is 0 Å². The van der Waals surface area contributed by atoms with Crippen molar-refractivity contribution in [2.45, 2.75) is 58.0 Å².